The Labute approximate surface area is 121 Å². The van der Waals surface area contributed by atoms with Crippen molar-refractivity contribution in [3.8, 4) is 0 Å². The summed E-state index contributed by atoms with van der Waals surface area (Å²) in [7, 11) is 0. The highest BCUT2D eigenvalue weighted by Gasteiger charge is 2.02. The fourth-order valence-electron chi connectivity index (χ4n) is 2.19. The van der Waals surface area contributed by atoms with Crippen LogP contribution in [0.4, 0.5) is 0 Å². The zero-order chi connectivity index (χ0) is 14.2. The largest absolute Gasteiger partial charge is 0.317 e. The van der Waals surface area contributed by atoms with E-state index in [9.17, 15) is 0 Å². The highest BCUT2D eigenvalue weighted by atomic mass is 14.9. The first-order chi connectivity index (χ1) is 9.35. The molecule has 0 radical (unpaired) electrons. The molecule has 0 aliphatic heterocycles. The van der Waals surface area contributed by atoms with Crippen LogP contribution in [0.3, 0.4) is 0 Å². The summed E-state index contributed by atoms with van der Waals surface area (Å²) in [5, 5.41) is 7.17. The Kier molecular flexibility index (Phi) is 15.4. The number of allylic oxidation sites excluding steroid dienone is 2. The van der Waals surface area contributed by atoms with Gasteiger partial charge in [-0.15, -0.1) is 0 Å². The maximum Gasteiger partial charge on any atom is 0.00643 e. The standard InChI is InChI=1S/C17H36N2/c1-4-7-8-9-10-11-14-18-15-12-16-19-17(6-3)13-5-2/h8-9,17-19H,4-7,10-16H2,1-3H3/b9-8+. The van der Waals surface area contributed by atoms with Gasteiger partial charge in [0.15, 0.2) is 0 Å². The van der Waals surface area contributed by atoms with Crippen LogP contribution in [0.15, 0.2) is 12.2 Å². The molecule has 0 aliphatic carbocycles. The number of nitrogens with one attached hydrogen (secondary N) is 2. The molecule has 0 saturated carbocycles. The lowest BCUT2D eigenvalue weighted by Gasteiger charge is -2.15. The Hall–Kier alpha value is -0.340. The van der Waals surface area contributed by atoms with E-state index in [0.717, 1.165) is 25.7 Å². The van der Waals surface area contributed by atoms with Crippen LogP contribution >= 0.6 is 0 Å². The van der Waals surface area contributed by atoms with Crippen LogP contribution < -0.4 is 10.6 Å². The fraction of sp³-hybridized carbons (Fsp3) is 0.882. The first-order valence-electron chi connectivity index (χ1n) is 8.44. The molecular formula is C17H36N2. The van der Waals surface area contributed by atoms with E-state index in [4.69, 9.17) is 0 Å². The summed E-state index contributed by atoms with van der Waals surface area (Å²) in [4.78, 5) is 0. The van der Waals surface area contributed by atoms with Gasteiger partial charge in [-0.05, 0) is 58.2 Å². The van der Waals surface area contributed by atoms with E-state index in [-0.39, 0.29) is 0 Å². The molecule has 2 nitrogen and oxygen atoms in total. The van der Waals surface area contributed by atoms with Gasteiger partial charge < -0.3 is 10.6 Å². The van der Waals surface area contributed by atoms with Crippen molar-refractivity contribution < 1.29 is 0 Å². The smallest absolute Gasteiger partial charge is 0.00643 e. The summed E-state index contributed by atoms with van der Waals surface area (Å²) in [6, 6.07) is 0.730. The van der Waals surface area contributed by atoms with E-state index in [1.54, 1.807) is 0 Å². The number of hydrogen-bond acceptors (Lipinski definition) is 2. The van der Waals surface area contributed by atoms with E-state index < -0.39 is 0 Å². The first kappa shape index (κ1) is 18.7. The van der Waals surface area contributed by atoms with Crippen molar-refractivity contribution in [2.24, 2.45) is 0 Å². The highest BCUT2D eigenvalue weighted by Crippen LogP contribution is 2.00. The summed E-state index contributed by atoms with van der Waals surface area (Å²) in [5.41, 5.74) is 0. The summed E-state index contributed by atoms with van der Waals surface area (Å²) >= 11 is 0. The molecule has 2 N–H and O–H groups in total. The Morgan fingerprint density at radius 3 is 2.26 bits per heavy atom. The predicted octanol–water partition coefficient (Wildman–Crippen LogP) is 4.27. The van der Waals surface area contributed by atoms with E-state index in [0.29, 0.717) is 0 Å². The normalized spacial score (nSPS) is 13.2. The van der Waals surface area contributed by atoms with Crippen molar-refractivity contribution in [3.63, 3.8) is 0 Å². The van der Waals surface area contributed by atoms with Crippen molar-refractivity contribution in [2.75, 3.05) is 19.6 Å². The Morgan fingerprint density at radius 2 is 1.58 bits per heavy atom. The lowest BCUT2D eigenvalue weighted by Crippen LogP contribution is -2.31. The second kappa shape index (κ2) is 15.7. The average Bonchev–Trinajstić information content (AvgIpc) is 2.43. The lowest BCUT2D eigenvalue weighted by atomic mass is 10.1. The first-order valence-corrected chi connectivity index (χ1v) is 8.44. The molecule has 0 heterocycles. The predicted molar refractivity (Wildman–Crippen MR) is 87.8 cm³/mol. The zero-order valence-corrected chi connectivity index (χ0v) is 13.5. The summed E-state index contributed by atoms with van der Waals surface area (Å²) in [6.07, 6.45) is 14.7. The van der Waals surface area contributed by atoms with Crippen molar-refractivity contribution in [1.82, 2.24) is 10.6 Å². The number of hydrogen-bond donors (Lipinski definition) is 2. The van der Waals surface area contributed by atoms with Crippen LogP contribution in [0.25, 0.3) is 0 Å². The van der Waals surface area contributed by atoms with Crippen molar-refractivity contribution >= 4 is 0 Å². The molecule has 0 bridgehead atoms. The second-order valence-corrected chi connectivity index (χ2v) is 5.35. The molecule has 0 spiro atoms. The van der Waals surface area contributed by atoms with E-state index >= 15 is 0 Å². The Morgan fingerprint density at radius 1 is 0.842 bits per heavy atom. The van der Waals surface area contributed by atoms with Crippen molar-refractivity contribution in [2.45, 2.75) is 78.2 Å². The summed E-state index contributed by atoms with van der Waals surface area (Å²) < 4.78 is 0. The summed E-state index contributed by atoms with van der Waals surface area (Å²) in [6.45, 7) is 10.2. The van der Waals surface area contributed by atoms with Gasteiger partial charge >= 0.3 is 0 Å². The van der Waals surface area contributed by atoms with Gasteiger partial charge in [0.25, 0.3) is 0 Å². The van der Waals surface area contributed by atoms with E-state index in [1.807, 2.05) is 0 Å². The van der Waals surface area contributed by atoms with Crippen LogP contribution in [-0.2, 0) is 0 Å². The van der Waals surface area contributed by atoms with Gasteiger partial charge in [0.05, 0.1) is 0 Å². The minimum atomic E-state index is 0.730. The monoisotopic (exact) mass is 268 g/mol. The average molecular weight is 268 g/mol. The highest BCUT2D eigenvalue weighted by molar-refractivity contribution is 4.80. The van der Waals surface area contributed by atoms with Crippen LogP contribution in [0.2, 0.25) is 0 Å². The van der Waals surface area contributed by atoms with Crippen molar-refractivity contribution in [3.05, 3.63) is 12.2 Å². The molecule has 2 heteroatoms. The molecule has 19 heavy (non-hydrogen) atoms. The lowest BCUT2D eigenvalue weighted by molar-refractivity contribution is 0.454. The topological polar surface area (TPSA) is 24.1 Å². The van der Waals surface area contributed by atoms with Gasteiger partial charge in [0.1, 0.15) is 0 Å². The molecule has 0 rings (SSSR count). The zero-order valence-electron chi connectivity index (χ0n) is 13.5. The van der Waals surface area contributed by atoms with E-state index in [1.165, 1.54) is 51.4 Å². The van der Waals surface area contributed by atoms with E-state index in [2.05, 4.69) is 43.6 Å². The Balaban J connectivity index is 3.18. The van der Waals surface area contributed by atoms with Crippen LogP contribution in [0.1, 0.15) is 72.1 Å². The summed E-state index contributed by atoms with van der Waals surface area (Å²) in [5.74, 6) is 0. The van der Waals surface area contributed by atoms with Crippen LogP contribution in [-0.4, -0.2) is 25.7 Å². The molecule has 0 amide bonds. The minimum Gasteiger partial charge on any atom is -0.317 e. The van der Waals surface area contributed by atoms with Crippen molar-refractivity contribution in [1.29, 1.82) is 0 Å². The van der Waals surface area contributed by atoms with Crippen LogP contribution in [0, 0.1) is 0 Å². The number of unbranched alkanes of at least 4 members (excludes halogenated alkanes) is 2. The SMILES string of the molecule is CCC/C=C/CCCNCCCNC(CC)CCC. The fourth-order valence-corrected chi connectivity index (χ4v) is 2.19. The maximum atomic E-state index is 3.64. The molecule has 1 atom stereocenters. The minimum absolute atomic E-state index is 0.730. The van der Waals surface area contributed by atoms with Gasteiger partial charge in [-0.25, -0.2) is 0 Å². The maximum absolute atomic E-state index is 3.64. The molecule has 0 saturated heterocycles. The van der Waals surface area contributed by atoms with Gasteiger partial charge in [-0.1, -0.05) is 45.8 Å². The molecular weight excluding hydrogens is 232 g/mol. The molecule has 1 unspecified atom stereocenters. The molecule has 0 aliphatic rings. The van der Waals surface area contributed by atoms with Gasteiger partial charge in [-0.3, -0.25) is 0 Å². The third-order valence-electron chi connectivity index (χ3n) is 3.44. The number of rotatable bonds is 14. The molecule has 0 fully saturated rings. The van der Waals surface area contributed by atoms with Gasteiger partial charge in [0.2, 0.25) is 0 Å². The molecule has 0 aromatic carbocycles. The second-order valence-electron chi connectivity index (χ2n) is 5.35. The Bertz CT molecular complexity index is 190. The third kappa shape index (κ3) is 13.9. The van der Waals surface area contributed by atoms with Crippen LogP contribution in [0.5, 0.6) is 0 Å². The molecule has 0 aromatic heterocycles. The van der Waals surface area contributed by atoms with Gasteiger partial charge in [0, 0.05) is 6.04 Å². The third-order valence-corrected chi connectivity index (χ3v) is 3.44. The quantitative estimate of drug-likeness (QED) is 0.363. The molecule has 0 aromatic rings. The van der Waals surface area contributed by atoms with Gasteiger partial charge in [-0.2, -0.15) is 0 Å². The molecule has 114 valence electrons.